The van der Waals surface area contributed by atoms with E-state index in [1.807, 2.05) is 12.2 Å². The predicted molar refractivity (Wildman–Crippen MR) is 38.3 cm³/mol. The molecule has 0 amide bonds. The Balaban J connectivity index is 2.28. The number of rotatable bonds is 0. The predicted octanol–water partition coefficient (Wildman–Crippen LogP) is 0.544. The van der Waals surface area contributed by atoms with Gasteiger partial charge in [0.05, 0.1) is 0 Å². The van der Waals surface area contributed by atoms with E-state index in [2.05, 4.69) is 11.1 Å². The van der Waals surface area contributed by atoms with Crippen molar-refractivity contribution in [3.05, 3.63) is 24.0 Å². The molecule has 1 atom stereocenters. The Morgan fingerprint density at radius 3 is 3.40 bits per heavy atom. The normalized spacial score (nSPS) is 28.6. The van der Waals surface area contributed by atoms with Gasteiger partial charge in [-0.3, -0.25) is 0 Å². The fourth-order valence-electron chi connectivity index (χ4n) is 1.12. The molecule has 1 unspecified atom stereocenters. The van der Waals surface area contributed by atoms with E-state index >= 15 is 0 Å². The van der Waals surface area contributed by atoms with Crippen LogP contribution in [0.15, 0.2) is 29.0 Å². The third kappa shape index (κ3) is 0.708. The zero-order valence-electron chi connectivity index (χ0n) is 5.45. The van der Waals surface area contributed by atoms with Crippen molar-refractivity contribution in [1.29, 1.82) is 0 Å². The Bertz CT molecular complexity index is 240. The highest BCUT2D eigenvalue weighted by Gasteiger charge is 2.23. The molecule has 1 aliphatic carbocycles. The summed E-state index contributed by atoms with van der Waals surface area (Å²) in [6.45, 7) is 0. The fraction of sp³-hybridized carbons (Fsp3) is 0.286. The molecule has 0 fully saturated rings. The number of allylic oxidation sites excluding steroid dienone is 2. The Morgan fingerprint density at radius 1 is 1.70 bits per heavy atom. The number of aliphatic imine (C=N–C) groups is 1. The zero-order valence-corrected chi connectivity index (χ0v) is 5.45. The summed E-state index contributed by atoms with van der Waals surface area (Å²) in [5.41, 5.74) is 5.35. The maximum absolute atomic E-state index is 5.35. The van der Waals surface area contributed by atoms with E-state index in [0.29, 0.717) is 6.02 Å². The Morgan fingerprint density at radius 2 is 2.60 bits per heavy atom. The van der Waals surface area contributed by atoms with Crippen LogP contribution in [0.2, 0.25) is 0 Å². The van der Waals surface area contributed by atoms with Gasteiger partial charge in [0.25, 0.3) is 6.02 Å². The summed E-state index contributed by atoms with van der Waals surface area (Å²) < 4.78 is 5.10. The SMILES string of the molecule is NC1=NC2CC=CC=C2O1. The van der Waals surface area contributed by atoms with Crippen LogP contribution in [0.5, 0.6) is 0 Å². The van der Waals surface area contributed by atoms with Crippen molar-refractivity contribution in [2.24, 2.45) is 10.7 Å². The van der Waals surface area contributed by atoms with E-state index in [-0.39, 0.29) is 6.04 Å². The van der Waals surface area contributed by atoms with Crippen molar-refractivity contribution in [2.75, 3.05) is 0 Å². The van der Waals surface area contributed by atoms with Gasteiger partial charge >= 0.3 is 0 Å². The highest BCUT2D eigenvalue weighted by Crippen LogP contribution is 2.22. The lowest BCUT2D eigenvalue weighted by atomic mass is 10.1. The Kier molecular flexibility index (Phi) is 1.03. The van der Waals surface area contributed by atoms with Crippen molar-refractivity contribution in [3.8, 4) is 0 Å². The molecule has 1 heterocycles. The monoisotopic (exact) mass is 136 g/mol. The van der Waals surface area contributed by atoms with Crippen LogP contribution in [0.4, 0.5) is 0 Å². The van der Waals surface area contributed by atoms with Crippen molar-refractivity contribution in [3.63, 3.8) is 0 Å². The zero-order chi connectivity index (χ0) is 6.97. The van der Waals surface area contributed by atoms with Crippen LogP contribution >= 0.6 is 0 Å². The molecule has 3 heteroatoms. The van der Waals surface area contributed by atoms with E-state index in [1.165, 1.54) is 0 Å². The average Bonchev–Trinajstić information content (AvgIpc) is 2.27. The van der Waals surface area contributed by atoms with Crippen LogP contribution in [0.1, 0.15) is 6.42 Å². The summed E-state index contributed by atoms with van der Waals surface area (Å²) in [5.74, 6) is 0.875. The molecule has 0 saturated carbocycles. The molecule has 0 spiro atoms. The molecule has 2 N–H and O–H groups in total. The lowest BCUT2D eigenvalue weighted by Gasteiger charge is -2.06. The van der Waals surface area contributed by atoms with Crippen molar-refractivity contribution < 1.29 is 4.74 Å². The van der Waals surface area contributed by atoms with Crippen molar-refractivity contribution in [1.82, 2.24) is 0 Å². The Labute approximate surface area is 58.9 Å². The maximum atomic E-state index is 5.35. The first-order valence-corrected chi connectivity index (χ1v) is 3.24. The summed E-state index contributed by atoms with van der Waals surface area (Å²) in [5, 5.41) is 0. The van der Waals surface area contributed by atoms with E-state index in [9.17, 15) is 0 Å². The highest BCUT2D eigenvalue weighted by molar-refractivity contribution is 5.75. The molecule has 0 saturated heterocycles. The van der Waals surface area contributed by atoms with E-state index in [1.54, 1.807) is 0 Å². The van der Waals surface area contributed by atoms with Crippen LogP contribution in [0.3, 0.4) is 0 Å². The molecule has 3 nitrogen and oxygen atoms in total. The summed E-state index contributed by atoms with van der Waals surface area (Å²) in [6, 6.07) is 0.449. The first-order valence-electron chi connectivity index (χ1n) is 3.24. The minimum Gasteiger partial charge on any atom is -0.428 e. The average molecular weight is 136 g/mol. The number of nitrogens with two attached hydrogens (primary N) is 1. The number of hydrogen-bond acceptors (Lipinski definition) is 3. The van der Waals surface area contributed by atoms with E-state index < -0.39 is 0 Å². The van der Waals surface area contributed by atoms with Gasteiger partial charge in [-0.05, 0) is 12.5 Å². The van der Waals surface area contributed by atoms with E-state index in [0.717, 1.165) is 12.2 Å². The van der Waals surface area contributed by atoms with Crippen molar-refractivity contribution >= 4 is 6.02 Å². The van der Waals surface area contributed by atoms with Gasteiger partial charge in [-0.1, -0.05) is 12.2 Å². The van der Waals surface area contributed by atoms with Gasteiger partial charge in [0.1, 0.15) is 11.8 Å². The first-order chi connectivity index (χ1) is 4.86. The van der Waals surface area contributed by atoms with Gasteiger partial charge in [-0.15, -0.1) is 0 Å². The molecule has 52 valence electrons. The van der Waals surface area contributed by atoms with Crippen LogP contribution in [0.25, 0.3) is 0 Å². The highest BCUT2D eigenvalue weighted by atomic mass is 16.5. The topological polar surface area (TPSA) is 47.6 Å². The molecule has 10 heavy (non-hydrogen) atoms. The van der Waals surface area contributed by atoms with Gasteiger partial charge in [-0.2, -0.15) is 0 Å². The van der Waals surface area contributed by atoms with E-state index in [4.69, 9.17) is 10.5 Å². The minimum absolute atomic E-state index is 0.157. The van der Waals surface area contributed by atoms with Crippen LogP contribution in [0, 0.1) is 0 Å². The van der Waals surface area contributed by atoms with Gasteiger partial charge in [0.15, 0.2) is 0 Å². The number of fused-ring (bicyclic) bond motifs is 1. The molecule has 2 aliphatic rings. The standard InChI is InChI=1S/C7H8N2O/c8-7-9-5-3-1-2-4-6(5)10-7/h1-2,4-5H,3H2,(H2,8,9). The molecule has 2 rings (SSSR count). The van der Waals surface area contributed by atoms with Gasteiger partial charge in [-0.25, -0.2) is 4.99 Å². The lowest BCUT2D eigenvalue weighted by molar-refractivity contribution is 0.408. The minimum atomic E-state index is 0.157. The van der Waals surface area contributed by atoms with Crippen LogP contribution in [-0.2, 0) is 4.74 Å². The van der Waals surface area contributed by atoms with Gasteiger partial charge < -0.3 is 10.5 Å². The quantitative estimate of drug-likeness (QED) is 0.528. The summed E-state index contributed by atoms with van der Waals surface area (Å²) in [6.07, 6.45) is 6.82. The molecule has 0 radical (unpaired) electrons. The second-order valence-electron chi connectivity index (χ2n) is 2.32. The number of ether oxygens (including phenoxy) is 1. The summed E-state index contributed by atoms with van der Waals surface area (Å²) in [4.78, 5) is 4.06. The third-order valence-electron chi connectivity index (χ3n) is 1.59. The van der Waals surface area contributed by atoms with Crippen LogP contribution in [-0.4, -0.2) is 12.1 Å². The molecular formula is C7H8N2O. The number of hydrogen-bond donors (Lipinski definition) is 1. The van der Waals surface area contributed by atoms with Crippen LogP contribution < -0.4 is 5.73 Å². The Hall–Kier alpha value is -1.25. The largest absolute Gasteiger partial charge is 0.428 e. The fourth-order valence-corrected chi connectivity index (χ4v) is 1.12. The molecule has 0 bridgehead atoms. The lowest BCUT2D eigenvalue weighted by Crippen LogP contribution is -2.09. The third-order valence-corrected chi connectivity index (χ3v) is 1.59. The molecule has 1 aliphatic heterocycles. The first kappa shape index (κ1) is 5.53. The number of nitrogens with zero attached hydrogens (tertiary/aromatic N) is 1. The van der Waals surface area contributed by atoms with Crippen molar-refractivity contribution in [2.45, 2.75) is 12.5 Å². The number of amidine groups is 1. The molecule has 0 aromatic rings. The smallest absolute Gasteiger partial charge is 0.287 e. The second kappa shape index (κ2) is 1.87. The second-order valence-corrected chi connectivity index (χ2v) is 2.32. The summed E-state index contributed by atoms with van der Waals surface area (Å²) >= 11 is 0. The molecule has 0 aromatic heterocycles. The van der Waals surface area contributed by atoms with Gasteiger partial charge in [0, 0.05) is 0 Å². The van der Waals surface area contributed by atoms with Gasteiger partial charge in [0.2, 0.25) is 0 Å². The summed E-state index contributed by atoms with van der Waals surface area (Å²) in [7, 11) is 0. The molecular weight excluding hydrogens is 128 g/mol. The molecule has 0 aromatic carbocycles. The maximum Gasteiger partial charge on any atom is 0.287 e.